The van der Waals surface area contributed by atoms with Crippen LogP contribution in [-0.4, -0.2) is 0 Å². The van der Waals surface area contributed by atoms with Crippen LogP contribution in [0.2, 0.25) is 5.02 Å². The van der Waals surface area contributed by atoms with Crippen LogP contribution in [0.1, 0.15) is 0 Å². The summed E-state index contributed by atoms with van der Waals surface area (Å²) < 4.78 is 21.4. The number of halogens is 1. The standard InChI is InChI=1S/C6H5ClNO2S/c7-5-1-3-6(4-2-5)10-11(8)9/h1-4,8H/q-1. The molecule has 0 saturated heterocycles. The van der Waals surface area contributed by atoms with Crippen LogP contribution in [0.4, 0.5) is 0 Å². The summed E-state index contributed by atoms with van der Waals surface area (Å²) in [7, 11) is -2.02. The molecule has 0 aliphatic heterocycles. The van der Waals surface area contributed by atoms with E-state index in [1.54, 1.807) is 24.3 Å². The third-order valence-corrected chi connectivity index (χ3v) is 1.58. The molecule has 0 spiro atoms. The van der Waals surface area contributed by atoms with Crippen molar-refractivity contribution >= 4 is 22.5 Å². The Labute approximate surface area is 71.2 Å². The molecule has 0 fully saturated rings. The molecule has 0 amide bonds. The van der Waals surface area contributed by atoms with Gasteiger partial charge in [-0.3, -0.25) is 0 Å². The lowest BCUT2D eigenvalue weighted by Crippen LogP contribution is -1.85. The molecule has 0 heterocycles. The zero-order valence-corrected chi connectivity index (χ0v) is 6.98. The van der Waals surface area contributed by atoms with Gasteiger partial charge < -0.3 is 13.2 Å². The molecule has 1 aromatic rings. The van der Waals surface area contributed by atoms with Gasteiger partial charge >= 0.3 is 0 Å². The maximum Gasteiger partial charge on any atom is 0.100 e. The number of rotatable bonds is 2. The third-order valence-electron chi connectivity index (χ3n) is 0.986. The van der Waals surface area contributed by atoms with E-state index in [-0.39, 0.29) is 0 Å². The molecule has 1 aromatic carbocycles. The van der Waals surface area contributed by atoms with Gasteiger partial charge in [0, 0.05) is 5.02 Å². The molecule has 1 N–H and O–H groups in total. The van der Waals surface area contributed by atoms with Crippen LogP contribution in [-0.2, 0) is 15.1 Å². The van der Waals surface area contributed by atoms with Crippen molar-refractivity contribution in [2.45, 2.75) is 0 Å². The van der Waals surface area contributed by atoms with Gasteiger partial charge in [0.1, 0.15) is 5.75 Å². The number of benzene rings is 1. The lowest BCUT2D eigenvalue weighted by molar-refractivity contribution is 0.526. The molecule has 0 saturated carbocycles. The third kappa shape index (κ3) is 2.78. The normalized spacial score (nSPS) is 10.0. The van der Waals surface area contributed by atoms with E-state index in [0.29, 0.717) is 10.8 Å². The zero-order chi connectivity index (χ0) is 8.27. The first-order valence-corrected chi connectivity index (χ1v) is 4.20. The Morgan fingerprint density at radius 3 is 2.36 bits per heavy atom. The lowest BCUT2D eigenvalue weighted by Gasteiger charge is -2.05. The summed E-state index contributed by atoms with van der Waals surface area (Å²) in [6, 6.07) is 6.30. The summed E-state index contributed by atoms with van der Waals surface area (Å²) >= 11 is 5.57. The van der Waals surface area contributed by atoms with E-state index in [1.165, 1.54) is 0 Å². The van der Waals surface area contributed by atoms with Crippen molar-refractivity contribution in [3.63, 3.8) is 0 Å². The van der Waals surface area contributed by atoms with Gasteiger partial charge in [-0.05, 0) is 35.1 Å². The molecule has 0 unspecified atom stereocenters. The highest BCUT2D eigenvalue weighted by atomic mass is 35.5. The Bertz CT molecular complexity index is 299. The van der Waals surface area contributed by atoms with Gasteiger partial charge in [-0.25, -0.2) is 0 Å². The molecule has 1 rings (SSSR count). The number of hydrogen-bond acceptors (Lipinski definition) is 4. The van der Waals surface area contributed by atoms with Crippen molar-refractivity contribution in [2.75, 3.05) is 0 Å². The van der Waals surface area contributed by atoms with Crippen LogP contribution < -0.4 is 4.18 Å². The van der Waals surface area contributed by atoms with Gasteiger partial charge in [0.2, 0.25) is 0 Å². The van der Waals surface area contributed by atoms with Crippen molar-refractivity contribution in [1.82, 2.24) is 0 Å². The first kappa shape index (κ1) is 8.36. The average Bonchev–Trinajstić information content (AvgIpc) is 1.93. The summed E-state index contributed by atoms with van der Waals surface area (Å²) in [5.41, 5.74) is 0. The van der Waals surface area contributed by atoms with Crippen LogP contribution in [0, 0.1) is 4.78 Å². The topological polar surface area (TPSA) is 50.2 Å². The molecule has 0 atom stereocenters. The van der Waals surface area contributed by atoms with Gasteiger partial charge in [0.05, 0.1) is 0 Å². The molecule has 0 bridgehead atoms. The van der Waals surface area contributed by atoms with Crippen molar-refractivity contribution < 1.29 is 8.39 Å². The van der Waals surface area contributed by atoms with E-state index >= 15 is 0 Å². The maximum absolute atomic E-state index is 10.2. The summed E-state index contributed by atoms with van der Waals surface area (Å²) in [5.74, 6) is 0.378. The minimum absolute atomic E-state index is 0.378. The van der Waals surface area contributed by atoms with Crippen LogP contribution in [0.3, 0.4) is 0 Å². The maximum atomic E-state index is 10.2. The van der Waals surface area contributed by atoms with Crippen molar-refractivity contribution in [1.29, 1.82) is 4.78 Å². The SMILES string of the molecule is N=[S-](=O)Oc1ccc(Cl)cc1. The second-order valence-corrected chi connectivity index (χ2v) is 2.84. The Morgan fingerprint density at radius 2 is 1.91 bits per heavy atom. The van der Waals surface area contributed by atoms with Gasteiger partial charge in [0.15, 0.2) is 0 Å². The molecule has 60 valence electrons. The quantitative estimate of drug-likeness (QED) is 0.728. The molecule has 3 nitrogen and oxygen atoms in total. The predicted molar refractivity (Wildman–Crippen MR) is 42.9 cm³/mol. The zero-order valence-electron chi connectivity index (χ0n) is 5.41. The van der Waals surface area contributed by atoms with Crippen LogP contribution in [0.25, 0.3) is 0 Å². The highest BCUT2D eigenvalue weighted by molar-refractivity contribution is 7.68. The Hall–Kier alpha value is -0.740. The Kier molecular flexibility index (Phi) is 2.73. The summed E-state index contributed by atoms with van der Waals surface area (Å²) in [6.07, 6.45) is 0. The second-order valence-electron chi connectivity index (χ2n) is 1.77. The average molecular weight is 191 g/mol. The molecular formula is C6H5ClNO2S-. The lowest BCUT2D eigenvalue weighted by atomic mass is 10.3. The molecule has 5 heteroatoms. The molecular weight excluding hydrogens is 186 g/mol. The highest BCUT2D eigenvalue weighted by Gasteiger charge is 1.87. The van der Waals surface area contributed by atoms with Gasteiger partial charge in [-0.15, -0.1) is 0 Å². The van der Waals surface area contributed by atoms with Crippen LogP contribution in [0.5, 0.6) is 5.75 Å². The number of nitrogens with one attached hydrogen (secondary N) is 1. The van der Waals surface area contributed by atoms with E-state index in [9.17, 15) is 4.21 Å². The molecule has 0 aliphatic carbocycles. The second kappa shape index (κ2) is 3.59. The minimum atomic E-state index is -2.02. The fourth-order valence-electron chi connectivity index (χ4n) is 0.578. The highest BCUT2D eigenvalue weighted by Crippen LogP contribution is 2.15. The van der Waals surface area contributed by atoms with E-state index in [0.717, 1.165) is 0 Å². The molecule has 0 radical (unpaired) electrons. The largest absolute Gasteiger partial charge is 0.546 e. The monoisotopic (exact) mass is 190 g/mol. The molecule has 0 aliphatic rings. The van der Waals surface area contributed by atoms with E-state index in [1.807, 2.05) is 0 Å². The van der Waals surface area contributed by atoms with Gasteiger partial charge in [-0.2, -0.15) is 0 Å². The van der Waals surface area contributed by atoms with E-state index in [2.05, 4.69) is 4.18 Å². The van der Waals surface area contributed by atoms with Gasteiger partial charge in [0.25, 0.3) is 0 Å². The fraction of sp³-hybridized carbons (Fsp3) is 0. The van der Waals surface area contributed by atoms with Crippen LogP contribution >= 0.6 is 11.6 Å². The van der Waals surface area contributed by atoms with Crippen molar-refractivity contribution in [3.8, 4) is 5.75 Å². The Balaban J connectivity index is 2.82. The summed E-state index contributed by atoms with van der Waals surface area (Å²) in [6.45, 7) is 0. The minimum Gasteiger partial charge on any atom is -0.546 e. The molecule has 11 heavy (non-hydrogen) atoms. The van der Waals surface area contributed by atoms with Crippen molar-refractivity contribution in [2.24, 2.45) is 0 Å². The first-order valence-electron chi connectivity index (χ1n) is 2.75. The summed E-state index contributed by atoms with van der Waals surface area (Å²) in [4.78, 5) is 0. The number of hydrogen-bond donors (Lipinski definition) is 1. The van der Waals surface area contributed by atoms with Crippen molar-refractivity contribution in [3.05, 3.63) is 29.3 Å². The fourth-order valence-corrected chi connectivity index (χ4v) is 0.989. The molecule has 0 aromatic heterocycles. The smallest absolute Gasteiger partial charge is 0.100 e. The van der Waals surface area contributed by atoms with E-state index < -0.39 is 10.9 Å². The first-order chi connectivity index (χ1) is 5.18. The van der Waals surface area contributed by atoms with Crippen LogP contribution in [0.15, 0.2) is 24.3 Å². The predicted octanol–water partition coefficient (Wildman–Crippen LogP) is 2.36. The van der Waals surface area contributed by atoms with E-state index in [4.69, 9.17) is 16.4 Å². The van der Waals surface area contributed by atoms with Gasteiger partial charge in [-0.1, -0.05) is 11.6 Å². The Morgan fingerprint density at radius 1 is 1.36 bits per heavy atom. The summed E-state index contributed by atoms with van der Waals surface area (Å²) in [5, 5.41) is 0.577.